The first kappa shape index (κ1) is 22.2. The number of nitrogens with zero attached hydrogens (tertiary/aromatic N) is 2. The number of esters is 1. The highest BCUT2D eigenvalue weighted by Crippen LogP contribution is 2.22. The van der Waals surface area contributed by atoms with Crippen LogP contribution in [0.15, 0.2) is 48.5 Å². The van der Waals surface area contributed by atoms with Crippen LogP contribution in [0.5, 0.6) is 5.75 Å². The van der Waals surface area contributed by atoms with Crippen LogP contribution < -0.4 is 10.1 Å². The molecule has 0 aliphatic heterocycles. The van der Waals surface area contributed by atoms with Crippen LogP contribution in [-0.4, -0.2) is 28.4 Å². The van der Waals surface area contributed by atoms with Crippen LogP contribution in [0.3, 0.4) is 0 Å². The first-order valence-corrected chi connectivity index (χ1v) is 10.1. The van der Waals surface area contributed by atoms with Crippen molar-refractivity contribution in [1.82, 2.24) is 4.98 Å². The lowest BCUT2D eigenvalue weighted by Crippen LogP contribution is -2.20. The van der Waals surface area contributed by atoms with Crippen LogP contribution in [0.1, 0.15) is 20.4 Å². The maximum Gasteiger partial charge on any atom is 0.350 e. The number of hydrogen-bond donors (Lipinski definition) is 1. The third kappa shape index (κ3) is 6.24. The number of nitro groups is 1. The lowest BCUT2D eigenvalue weighted by atomic mass is 10.3. The molecule has 0 aliphatic rings. The number of carbonyl (C=O) groups excluding carboxylic acids is 2. The molecule has 0 spiro atoms. The zero-order valence-electron chi connectivity index (χ0n) is 16.2. The molecule has 1 amide bonds. The Morgan fingerprint density at radius 2 is 1.84 bits per heavy atom. The fourth-order valence-corrected chi connectivity index (χ4v) is 3.44. The Balaban J connectivity index is 1.51. The molecule has 9 nitrogen and oxygen atoms in total. The van der Waals surface area contributed by atoms with E-state index in [4.69, 9.17) is 21.1 Å². The minimum absolute atomic E-state index is 0.0963. The summed E-state index contributed by atoms with van der Waals surface area (Å²) in [5.74, 6) is -0.633. The molecule has 0 aliphatic carbocycles. The Morgan fingerprint density at radius 1 is 1.16 bits per heavy atom. The standard InChI is InChI=1S/C20H16ClN3O6S/c1-12-19(31-18(22-12)11-29-16-8-2-13(21)3-9-16)20(26)30-10-17(25)23-14-4-6-15(7-5-14)24(27)28/h2-9H,10-11H2,1H3,(H,23,25). The van der Waals surface area contributed by atoms with Gasteiger partial charge in [-0.3, -0.25) is 14.9 Å². The molecule has 160 valence electrons. The quantitative estimate of drug-likeness (QED) is 0.300. The van der Waals surface area contributed by atoms with Gasteiger partial charge in [-0.2, -0.15) is 0 Å². The number of aryl methyl sites for hydroxylation is 1. The normalized spacial score (nSPS) is 10.4. The second kappa shape index (κ2) is 10.0. The third-order valence-corrected chi connectivity index (χ3v) is 5.26. The molecule has 0 saturated heterocycles. The topological polar surface area (TPSA) is 121 Å². The van der Waals surface area contributed by atoms with E-state index in [1.54, 1.807) is 31.2 Å². The average molecular weight is 462 g/mol. The predicted octanol–water partition coefficient (Wildman–Crippen LogP) is 4.39. The van der Waals surface area contributed by atoms with E-state index in [-0.39, 0.29) is 17.2 Å². The number of ether oxygens (including phenoxy) is 2. The molecule has 2 aromatic carbocycles. The van der Waals surface area contributed by atoms with Crippen molar-refractivity contribution in [2.75, 3.05) is 11.9 Å². The molecule has 0 unspecified atom stereocenters. The van der Waals surface area contributed by atoms with E-state index in [2.05, 4.69) is 10.3 Å². The van der Waals surface area contributed by atoms with E-state index >= 15 is 0 Å². The summed E-state index contributed by atoms with van der Waals surface area (Å²) in [6.07, 6.45) is 0. The number of thiazole rings is 1. The van der Waals surface area contributed by atoms with Gasteiger partial charge in [-0.25, -0.2) is 9.78 Å². The van der Waals surface area contributed by atoms with E-state index in [1.807, 2.05) is 0 Å². The monoisotopic (exact) mass is 461 g/mol. The van der Waals surface area contributed by atoms with Crippen LogP contribution in [0.25, 0.3) is 0 Å². The average Bonchev–Trinajstić information content (AvgIpc) is 3.12. The summed E-state index contributed by atoms with van der Waals surface area (Å²) >= 11 is 6.95. The molecule has 1 heterocycles. The minimum Gasteiger partial charge on any atom is -0.486 e. The van der Waals surface area contributed by atoms with Crippen LogP contribution in [0.2, 0.25) is 5.02 Å². The molecule has 0 fully saturated rings. The summed E-state index contributed by atoms with van der Waals surface area (Å²) in [6.45, 7) is 1.32. The summed E-state index contributed by atoms with van der Waals surface area (Å²) < 4.78 is 10.7. The molecular weight excluding hydrogens is 446 g/mol. The number of hydrogen-bond acceptors (Lipinski definition) is 8. The predicted molar refractivity (Wildman–Crippen MR) is 115 cm³/mol. The van der Waals surface area contributed by atoms with E-state index in [1.165, 1.54) is 24.3 Å². The molecule has 3 rings (SSSR count). The lowest BCUT2D eigenvalue weighted by Gasteiger charge is -2.06. The third-order valence-electron chi connectivity index (χ3n) is 3.90. The van der Waals surface area contributed by atoms with Crippen molar-refractivity contribution in [3.8, 4) is 5.75 Å². The fourth-order valence-electron chi connectivity index (χ4n) is 2.44. The first-order valence-electron chi connectivity index (χ1n) is 8.88. The molecule has 1 aromatic heterocycles. The number of nitrogens with one attached hydrogen (secondary N) is 1. The maximum absolute atomic E-state index is 12.3. The number of amides is 1. The van der Waals surface area contributed by atoms with Gasteiger partial charge >= 0.3 is 5.97 Å². The minimum atomic E-state index is -0.674. The van der Waals surface area contributed by atoms with Gasteiger partial charge in [-0.15, -0.1) is 11.3 Å². The van der Waals surface area contributed by atoms with Crippen molar-refractivity contribution < 1.29 is 24.0 Å². The zero-order valence-corrected chi connectivity index (χ0v) is 17.7. The molecule has 0 saturated carbocycles. The molecule has 0 radical (unpaired) electrons. The van der Waals surface area contributed by atoms with Gasteiger partial charge in [-0.1, -0.05) is 11.6 Å². The van der Waals surface area contributed by atoms with Crippen molar-refractivity contribution in [2.24, 2.45) is 0 Å². The zero-order chi connectivity index (χ0) is 22.4. The number of carbonyl (C=O) groups is 2. The molecular formula is C20H16ClN3O6S. The van der Waals surface area contributed by atoms with E-state index in [0.29, 0.717) is 27.2 Å². The number of non-ortho nitro benzene ring substituents is 1. The number of nitro benzene ring substituents is 1. The largest absolute Gasteiger partial charge is 0.486 e. The Bertz CT molecular complexity index is 1100. The van der Waals surface area contributed by atoms with Crippen LogP contribution in [0, 0.1) is 17.0 Å². The molecule has 0 bridgehead atoms. The van der Waals surface area contributed by atoms with Gasteiger partial charge in [0.2, 0.25) is 0 Å². The van der Waals surface area contributed by atoms with Crippen molar-refractivity contribution in [3.63, 3.8) is 0 Å². The number of aromatic nitrogens is 1. The highest BCUT2D eigenvalue weighted by atomic mass is 35.5. The van der Waals surface area contributed by atoms with Gasteiger partial charge < -0.3 is 14.8 Å². The summed E-state index contributed by atoms with van der Waals surface area (Å²) in [5.41, 5.74) is 0.726. The number of halogens is 1. The Morgan fingerprint density at radius 3 is 2.48 bits per heavy atom. The molecule has 11 heteroatoms. The lowest BCUT2D eigenvalue weighted by molar-refractivity contribution is -0.384. The number of benzene rings is 2. The summed E-state index contributed by atoms with van der Waals surface area (Å²) in [4.78, 5) is 39.0. The first-order chi connectivity index (χ1) is 14.8. The SMILES string of the molecule is Cc1nc(COc2ccc(Cl)cc2)sc1C(=O)OCC(=O)Nc1ccc([N+](=O)[O-])cc1. The van der Waals surface area contributed by atoms with Crippen molar-refractivity contribution in [2.45, 2.75) is 13.5 Å². The highest BCUT2D eigenvalue weighted by molar-refractivity contribution is 7.13. The van der Waals surface area contributed by atoms with Crippen molar-refractivity contribution in [1.29, 1.82) is 0 Å². The summed E-state index contributed by atoms with van der Waals surface area (Å²) in [7, 11) is 0. The fraction of sp³-hybridized carbons (Fsp3) is 0.150. The second-order valence-electron chi connectivity index (χ2n) is 6.19. The van der Waals surface area contributed by atoms with E-state index in [0.717, 1.165) is 11.3 Å². The number of rotatable bonds is 8. The molecule has 31 heavy (non-hydrogen) atoms. The van der Waals surface area contributed by atoms with Gasteiger partial charge in [0.05, 0.1) is 10.6 Å². The van der Waals surface area contributed by atoms with Crippen LogP contribution >= 0.6 is 22.9 Å². The highest BCUT2D eigenvalue weighted by Gasteiger charge is 2.18. The van der Waals surface area contributed by atoms with Gasteiger partial charge in [0.15, 0.2) is 6.61 Å². The van der Waals surface area contributed by atoms with E-state index < -0.39 is 23.4 Å². The van der Waals surface area contributed by atoms with Crippen molar-refractivity contribution >= 4 is 46.2 Å². The van der Waals surface area contributed by atoms with E-state index in [9.17, 15) is 19.7 Å². The molecule has 0 atom stereocenters. The smallest absolute Gasteiger partial charge is 0.350 e. The van der Waals surface area contributed by atoms with Gasteiger partial charge in [0.25, 0.3) is 11.6 Å². The van der Waals surface area contributed by atoms with Crippen LogP contribution in [0.4, 0.5) is 11.4 Å². The van der Waals surface area contributed by atoms with Crippen molar-refractivity contribution in [3.05, 3.63) is 79.2 Å². The second-order valence-corrected chi connectivity index (χ2v) is 7.71. The Hall–Kier alpha value is -3.50. The summed E-state index contributed by atoms with van der Waals surface area (Å²) in [6, 6.07) is 12.1. The molecule has 3 aromatic rings. The summed E-state index contributed by atoms with van der Waals surface area (Å²) in [5, 5.41) is 14.3. The Labute approximate surface area is 185 Å². The Kier molecular flexibility index (Phi) is 7.16. The van der Waals surface area contributed by atoms with Crippen LogP contribution in [-0.2, 0) is 16.1 Å². The van der Waals surface area contributed by atoms with Gasteiger partial charge in [-0.05, 0) is 43.3 Å². The van der Waals surface area contributed by atoms with Gasteiger partial charge in [0, 0.05) is 22.8 Å². The van der Waals surface area contributed by atoms with Gasteiger partial charge in [0.1, 0.15) is 22.2 Å². The molecule has 1 N–H and O–H groups in total. The number of anilines is 1. The maximum atomic E-state index is 12.3.